The summed E-state index contributed by atoms with van der Waals surface area (Å²) >= 11 is 0. The number of carbonyl (C=O) groups excluding carboxylic acids is 3. The van der Waals surface area contributed by atoms with E-state index in [2.05, 4.69) is 20.9 Å². The second kappa shape index (κ2) is 14.4. The number of hydrogen-bond donors (Lipinski definition) is 3. The lowest BCUT2D eigenvalue weighted by atomic mass is 10.2. The van der Waals surface area contributed by atoms with Crippen LogP contribution < -0.4 is 16.0 Å². The number of urea groups is 1. The maximum atomic E-state index is 13.6. The number of para-hydroxylation sites is 2. The van der Waals surface area contributed by atoms with Crippen molar-refractivity contribution in [2.45, 2.75) is 39.3 Å². The van der Waals surface area contributed by atoms with Gasteiger partial charge in [0, 0.05) is 31.0 Å². The van der Waals surface area contributed by atoms with Gasteiger partial charge >= 0.3 is 12.1 Å². The van der Waals surface area contributed by atoms with Gasteiger partial charge in [0.25, 0.3) is 5.91 Å². The lowest BCUT2D eigenvalue weighted by Crippen LogP contribution is -2.36. The molecule has 0 fully saturated rings. The van der Waals surface area contributed by atoms with E-state index >= 15 is 0 Å². The van der Waals surface area contributed by atoms with Crippen molar-refractivity contribution < 1.29 is 27.9 Å². The third-order valence-corrected chi connectivity index (χ3v) is 5.68. The fraction of sp³-hybridized carbons (Fsp3) is 0.333. The summed E-state index contributed by atoms with van der Waals surface area (Å²) in [6.45, 7) is 6.48. The van der Waals surface area contributed by atoms with Crippen LogP contribution in [0.4, 0.5) is 35.4 Å². The van der Waals surface area contributed by atoms with Crippen molar-refractivity contribution in [2.75, 3.05) is 43.1 Å². The first-order valence-corrected chi connectivity index (χ1v) is 13.3. The molecule has 0 saturated carbocycles. The Balaban J connectivity index is 1.69. The number of aromatic nitrogens is 1. The van der Waals surface area contributed by atoms with Gasteiger partial charge in [-0.25, -0.2) is 18.4 Å². The number of anilines is 3. The minimum atomic E-state index is -0.800. The van der Waals surface area contributed by atoms with Gasteiger partial charge in [-0.2, -0.15) is 0 Å². The Morgan fingerprint density at radius 2 is 1.52 bits per heavy atom. The molecular formula is C30H36F2N6O4. The van der Waals surface area contributed by atoms with E-state index in [0.29, 0.717) is 29.9 Å². The minimum absolute atomic E-state index is 0.00157. The number of carbonyl (C=O) groups is 3. The average Bonchev–Trinajstić information content (AvgIpc) is 2.87. The first-order chi connectivity index (χ1) is 19.8. The summed E-state index contributed by atoms with van der Waals surface area (Å²) in [6.07, 6.45) is 1.48. The highest BCUT2D eigenvalue weighted by Gasteiger charge is 2.19. The second-order valence-electron chi connectivity index (χ2n) is 10.8. The molecule has 1 aromatic heterocycles. The summed E-state index contributed by atoms with van der Waals surface area (Å²) in [5.74, 6) is -2.11. The molecule has 0 aliphatic rings. The van der Waals surface area contributed by atoms with Crippen molar-refractivity contribution >= 4 is 35.1 Å². The molecule has 1 heterocycles. The smallest absolute Gasteiger partial charge is 0.412 e. The van der Waals surface area contributed by atoms with Crippen LogP contribution >= 0.6 is 0 Å². The van der Waals surface area contributed by atoms with E-state index in [0.717, 1.165) is 24.7 Å². The lowest BCUT2D eigenvalue weighted by Gasteiger charge is -2.24. The number of amides is 4. The highest BCUT2D eigenvalue weighted by molar-refractivity contribution is 6.05. The maximum absolute atomic E-state index is 13.6. The Morgan fingerprint density at radius 1 is 0.881 bits per heavy atom. The van der Waals surface area contributed by atoms with Gasteiger partial charge in [-0.05, 0) is 83.7 Å². The molecule has 12 heteroatoms. The Bertz CT molecular complexity index is 1370. The van der Waals surface area contributed by atoms with Gasteiger partial charge in [-0.1, -0.05) is 18.2 Å². The fourth-order valence-electron chi connectivity index (χ4n) is 3.83. The molecule has 0 radical (unpaired) electrons. The SMILES string of the molecule is CN(C)CCCN(Cc1ccc(C(=O)Nc2ccccc2NC(=O)OC(C)(C)C)nc1)C(=O)Nc1cc(F)cc(F)c1. The summed E-state index contributed by atoms with van der Waals surface area (Å²) in [6, 6.07) is 12.1. The van der Waals surface area contributed by atoms with Crippen LogP contribution in [0.25, 0.3) is 0 Å². The minimum Gasteiger partial charge on any atom is -0.444 e. The number of nitrogens with one attached hydrogen (secondary N) is 3. The summed E-state index contributed by atoms with van der Waals surface area (Å²) < 4.78 is 32.5. The van der Waals surface area contributed by atoms with Crippen molar-refractivity contribution in [3.8, 4) is 0 Å². The topological polar surface area (TPSA) is 116 Å². The van der Waals surface area contributed by atoms with Gasteiger partial charge in [-0.3, -0.25) is 15.1 Å². The summed E-state index contributed by atoms with van der Waals surface area (Å²) in [4.78, 5) is 45.9. The van der Waals surface area contributed by atoms with E-state index in [4.69, 9.17) is 4.74 Å². The number of rotatable bonds is 10. The Kier molecular flexibility index (Phi) is 10.9. The Morgan fingerprint density at radius 3 is 2.10 bits per heavy atom. The van der Waals surface area contributed by atoms with Crippen LogP contribution in [-0.2, 0) is 11.3 Å². The van der Waals surface area contributed by atoms with E-state index in [1.807, 2.05) is 19.0 Å². The van der Waals surface area contributed by atoms with E-state index in [-0.39, 0.29) is 17.9 Å². The number of pyridine rings is 1. The molecule has 0 unspecified atom stereocenters. The zero-order valence-corrected chi connectivity index (χ0v) is 24.3. The maximum Gasteiger partial charge on any atom is 0.412 e. The van der Waals surface area contributed by atoms with E-state index in [9.17, 15) is 23.2 Å². The standard InChI is InChI=1S/C30H36F2N6O4/c1-30(2,3)42-29(41)36-25-10-7-6-9-24(25)35-27(39)26-12-11-20(18-33-26)19-38(14-8-13-37(4)5)28(40)34-23-16-21(31)15-22(32)17-23/h6-7,9-12,15-18H,8,13-14,19H2,1-5H3,(H,34,40)(H,35,39)(H,36,41). The molecule has 3 rings (SSSR count). The molecule has 2 aromatic carbocycles. The van der Waals surface area contributed by atoms with E-state index in [1.54, 1.807) is 51.1 Å². The molecule has 10 nitrogen and oxygen atoms in total. The summed E-state index contributed by atoms with van der Waals surface area (Å²) in [5.41, 5.74) is 0.787. The Hall–Kier alpha value is -4.58. The van der Waals surface area contributed by atoms with Crippen LogP contribution in [0.2, 0.25) is 0 Å². The van der Waals surface area contributed by atoms with Crippen molar-refractivity contribution in [2.24, 2.45) is 0 Å². The largest absolute Gasteiger partial charge is 0.444 e. The molecule has 3 N–H and O–H groups in total. The zero-order valence-electron chi connectivity index (χ0n) is 24.3. The van der Waals surface area contributed by atoms with E-state index < -0.39 is 35.3 Å². The molecule has 0 aliphatic carbocycles. The lowest BCUT2D eigenvalue weighted by molar-refractivity contribution is 0.0635. The molecule has 224 valence electrons. The molecule has 3 aromatic rings. The second-order valence-corrected chi connectivity index (χ2v) is 10.8. The molecular weight excluding hydrogens is 546 g/mol. The van der Waals surface area contributed by atoms with Crippen LogP contribution in [0.1, 0.15) is 43.2 Å². The average molecular weight is 583 g/mol. The van der Waals surface area contributed by atoms with Crippen molar-refractivity contribution in [3.05, 3.63) is 83.7 Å². The number of ether oxygens (including phenoxy) is 1. The third-order valence-electron chi connectivity index (χ3n) is 5.68. The number of nitrogens with zero attached hydrogens (tertiary/aromatic N) is 3. The van der Waals surface area contributed by atoms with Gasteiger partial charge in [0.1, 0.15) is 22.9 Å². The normalized spacial score (nSPS) is 11.1. The van der Waals surface area contributed by atoms with Gasteiger partial charge < -0.3 is 25.2 Å². The molecule has 0 spiro atoms. The predicted octanol–water partition coefficient (Wildman–Crippen LogP) is 5.94. The zero-order chi connectivity index (χ0) is 30.9. The van der Waals surface area contributed by atoms with Gasteiger partial charge in [0.15, 0.2) is 0 Å². The van der Waals surface area contributed by atoms with Crippen LogP contribution in [0, 0.1) is 11.6 Å². The van der Waals surface area contributed by atoms with Gasteiger partial charge in [0.2, 0.25) is 0 Å². The van der Waals surface area contributed by atoms with Crippen molar-refractivity contribution in [1.82, 2.24) is 14.8 Å². The van der Waals surface area contributed by atoms with Crippen LogP contribution in [0.3, 0.4) is 0 Å². The molecule has 42 heavy (non-hydrogen) atoms. The number of halogens is 2. The van der Waals surface area contributed by atoms with E-state index in [1.165, 1.54) is 17.2 Å². The molecule has 0 bridgehead atoms. The van der Waals surface area contributed by atoms with Crippen molar-refractivity contribution in [1.29, 1.82) is 0 Å². The highest BCUT2D eigenvalue weighted by Crippen LogP contribution is 2.23. The molecule has 0 aliphatic heterocycles. The van der Waals surface area contributed by atoms with Gasteiger partial charge in [-0.15, -0.1) is 0 Å². The van der Waals surface area contributed by atoms with Crippen LogP contribution in [0.5, 0.6) is 0 Å². The first kappa shape index (κ1) is 31.9. The Labute approximate surface area is 244 Å². The highest BCUT2D eigenvalue weighted by atomic mass is 19.1. The summed E-state index contributed by atoms with van der Waals surface area (Å²) in [7, 11) is 3.83. The molecule has 0 atom stereocenters. The monoisotopic (exact) mass is 582 g/mol. The predicted molar refractivity (Wildman–Crippen MR) is 157 cm³/mol. The summed E-state index contributed by atoms with van der Waals surface area (Å²) in [5, 5.41) is 7.90. The fourth-order valence-corrected chi connectivity index (χ4v) is 3.83. The number of benzene rings is 2. The third kappa shape index (κ3) is 10.4. The van der Waals surface area contributed by atoms with Crippen LogP contribution in [-0.4, -0.2) is 65.6 Å². The van der Waals surface area contributed by atoms with Gasteiger partial charge in [0.05, 0.1) is 11.4 Å². The molecule has 0 saturated heterocycles. The van der Waals surface area contributed by atoms with Crippen LogP contribution in [0.15, 0.2) is 60.8 Å². The number of hydrogen-bond acceptors (Lipinski definition) is 6. The molecule has 4 amide bonds. The first-order valence-electron chi connectivity index (χ1n) is 13.3. The quantitative estimate of drug-likeness (QED) is 0.272. The van der Waals surface area contributed by atoms with Crippen molar-refractivity contribution in [3.63, 3.8) is 0 Å².